The Morgan fingerprint density at radius 3 is 2.89 bits per heavy atom. The standard InChI is InChI=1S/C15H23NO2/c1-3-9-16-12-7-8-15(10-12)18-14-6-4-5-13(11-14)17-2/h4-6,11-12,15-16H,3,7-10H2,1-2H3. The van der Waals surface area contributed by atoms with Gasteiger partial charge in [-0.1, -0.05) is 13.0 Å². The topological polar surface area (TPSA) is 30.5 Å². The average molecular weight is 249 g/mol. The first-order valence-corrected chi connectivity index (χ1v) is 6.86. The lowest BCUT2D eigenvalue weighted by Gasteiger charge is -2.15. The van der Waals surface area contributed by atoms with E-state index in [-0.39, 0.29) is 0 Å². The summed E-state index contributed by atoms with van der Waals surface area (Å²) in [5, 5.41) is 3.56. The SMILES string of the molecule is CCCNC1CCC(Oc2cccc(OC)c2)C1. The van der Waals surface area contributed by atoms with Crippen molar-refractivity contribution < 1.29 is 9.47 Å². The van der Waals surface area contributed by atoms with Crippen molar-refractivity contribution >= 4 is 0 Å². The van der Waals surface area contributed by atoms with Crippen LogP contribution in [0.2, 0.25) is 0 Å². The first-order valence-electron chi connectivity index (χ1n) is 6.86. The highest BCUT2D eigenvalue weighted by Gasteiger charge is 2.25. The van der Waals surface area contributed by atoms with E-state index in [1.807, 2.05) is 24.3 Å². The van der Waals surface area contributed by atoms with E-state index in [0.29, 0.717) is 12.1 Å². The maximum Gasteiger partial charge on any atom is 0.123 e. The molecule has 18 heavy (non-hydrogen) atoms. The van der Waals surface area contributed by atoms with Crippen molar-refractivity contribution in [2.45, 2.75) is 44.8 Å². The minimum atomic E-state index is 0.339. The minimum absolute atomic E-state index is 0.339. The van der Waals surface area contributed by atoms with Gasteiger partial charge in [0.15, 0.2) is 0 Å². The van der Waals surface area contributed by atoms with Gasteiger partial charge in [0.25, 0.3) is 0 Å². The molecule has 0 radical (unpaired) electrons. The summed E-state index contributed by atoms with van der Waals surface area (Å²) >= 11 is 0. The summed E-state index contributed by atoms with van der Waals surface area (Å²) in [5.74, 6) is 1.77. The van der Waals surface area contributed by atoms with Crippen LogP contribution in [-0.2, 0) is 0 Å². The van der Waals surface area contributed by atoms with Gasteiger partial charge in [0.1, 0.15) is 17.6 Å². The smallest absolute Gasteiger partial charge is 0.123 e. The van der Waals surface area contributed by atoms with Crippen molar-refractivity contribution in [3.63, 3.8) is 0 Å². The molecule has 0 bridgehead atoms. The Labute approximate surface area is 109 Å². The molecule has 0 saturated heterocycles. The van der Waals surface area contributed by atoms with Crippen LogP contribution in [0.4, 0.5) is 0 Å². The van der Waals surface area contributed by atoms with Gasteiger partial charge < -0.3 is 14.8 Å². The highest BCUT2D eigenvalue weighted by atomic mass is 16.5. The predicted octanol–water partition coefficient (Wildman–Crippen LogP) is 2.99. The zero-order valence-corrected chi connectivity index (χ0v) is 11.3. The molecule has 0 heterocycles. The van der Waals surface area contributed by atoms with Gasteiger partial charge in [-0.15, -0.1) is 0 Å². The van der Waals surface area contributed by atoms with Crippen LogP contribution < -0.4 is 14.8 Å². The maximum atomic E-state index is 6.01. The number of benzene rings is 1. The molecule has 0 spiro atoms. The fraction of sp³-hybridized carbons (Fsp3) is 0.600. The van der Waals surface area contributed by atoms with E-state index in [2.05, 4.69) is 12.2 Å². The third kappa shape index (κ3) is 3.64. The molecule has 2 atom stereocenters. The Morgan fingerprint density at radius 1 is 1.28 bits per heavy atom. The average Bonchev–Trinajstić information content (AvgIpc) is 2.84. The molecule has 1 aromatic carbocycles. The van der Waals surface area contributed by atoms with Crippen molar-refractivity contribution in [2.24, 2.45) is 0 Å². The number of methoxy groups -OCH3 is 1. The number of hydrogen-bond donors (Lipinski definition) is 1. The molecule has 1 fully saturated rings. The Morgan fingerprint density at radius 2 is 2.11 bits per heavy atom. The van der Waals surface area contributed by atoms with Gasteiger partial charge in [0, 0.05) is 12.1 Å². The monoisotopic (exact) mass is 249 g/mol. The molecule has 3 nitrogen and oxygen atoms in total. The van der Waals surface area contributed by atoms with Crippen LogP contribution in [0.3, 0.4) is 0 Å². The molecule has 0 amide bonds. The first-order chi connectivity index (χ1) is 8.81. The van der Waals surface area contributed by atoms with Gasteiger partial charge in [-0.3, -0.25) is 0 Å². The van der Waals surface area contributed by atoms with Crippen LogP contribution in [0.5, 0.6) is 11.5 Å². The lowest BCUT2D eigenvalue weighted by atomic mass is 10.2. The largest absolute Gasteiger partial charge is 0.497 e. The lowest BCUT2D eigenvalue weighted by molar-refractivity contribution is 0.205. The van der Waals surface area contributed by atoms with Crippen LogP contribution in [-0.4, -0.2) is 25.8 Å². The molecule has 0 aromatic heterocycles. The minimum Gasteiger partial charge on any atom is -0.497 e. The Balaban J connectivity index is 1.83. The van der Waals surface area contributed by atoms with Crippen molar-refractivity contribution in [3.8, 4) is 11.5 Å². The Bertz CT molecular complexity index is 367. The second-order valence-corrected chi connectivity index (χ2v) is 4.88. The third-order valence-electron chi connectivity index (χ3n) is 3.41. The maximum absolute atomic E-state index is 6.01. The molecular formula is C15H23NO2. The molecule has 2 unspecified atom stereocenters. The fourth-order valence-electron chi connectivity index (χ4n) is 2.45. The van der Waals surface area contributed by atoms with Crippen LogP contribution in [0, 0.1) is 0 Å². The zero-order chi connectivity index (χ0) is 12.8. The van der Waals surface area contributed by atoms with E-state index in [4.69, 9.17) is 9.47 Å². The second-order valence-electron chi connectivity index (χ2n) is 4.88. The summed E-state index contributed by atoms with van der Waals surface area (Å²) in [7, 11) is 1.68. The van der Waals surface area contributed by atoms with E-state index in [0.717, 1.165) is 30.9 Å². The van der Waals surface area contributed by atoms with E-state index in [1.165, 1.54) is 12.8 Å². The second kappa shape index (κ2) is 6.64. The quantitative estimate of drug-likeness (QED) is 0.840. The van der Waals surface area contributed by atoms with Gasteiger partial charge >= 0.3 is 0 Å². The fourth-order valence-corrected chi connectivity index (χ4v) is 2.45. The summed E-state index contributed by atoms with van der Waals surface area (Å²) in [4.78, 5) is 0. The summed E-state index contributed by atoms with van der Waals surface area (Å²) in [6.45, 7) is 3.31. The molecule has 1 saturated carbocycles. The lowest BCUT2D eigenvalue weighted by Crippen LogP contribution is -2.28. The van der Waals surface area contributed by atoms with Crippen LogP contribution >= 0.6 is 0 Å². The normalized spacial score (nSPS) is 23.0. The molecule has 100 valence electrons. The Hall–Kier alpha value is -1.22. The van der Waals surface area contributed by atoms with Gasteiger partial charge in [0.05, 0.1) is 7.11 Å². The summed E-state index contributed by atoms with van der Waals surface area (Å²) in [6, 6.07) is 8.48. The number of rotatable bonds is 6. The molecule has 2 rings (SSSR count). The molecule has 1 aliphatic carbocycles. The number of nitrogens with one attached hydrogen (secondary N) is 1. The molecule has 0 aliphatic heterocycles. The van der Waals surface area contributed by atoms with Crippen LogP contribution in [0.1, 0.15) is 32.6 Å². The highest BCUT2D eigenvalue weighted by molar-refractivity contribution is 5.33. The zero-order valence-electron chi connectivity index (χ0n) is 11.3. The highest BCUT2D eigenvalue weighted by Crippen LogP contribution is 2.26. The van der Waals surface area contributed by atoms with Gasteiger partial charge in [-0.25, -0.2) is 0 Å². The van der Waals surface area contributed by atoms with E-state index >= 15 is 0 Å². The van der Waals surface area contributed by atoms with Crippen molar-refractivity contribution in [3.05, 3.63) is 24.3 Å². The predicted molar refractivity (Wildman–Crippen MR) is 73.3 cm³/mol. The number of hydrogen-bond acceptors (Lipinski definition) is 3. The number of ether oxygens (including phenoxy) is 2. The van der Waals surface area contributed by atoms with E-state index in [9.17, 15) is 0 Å². The molecular weight excluding hydrogens is 226 g/mol. The molecule has 1 aromatic rings. The Kier molecular flexibility index (Phi) is 4.88. The first kappa shape index (κ1) is 13.2. The summed E-state index contributed by atoms with van der Waals surface area (Å²) in [6.07, 6.45) is 4.99. The van der Waals surface area contributed by atoms with Gasteiger partial charge in [-0.05, 0) is 44.4 Å². The van der Waals surface area contributed by atoms with E-state index in [1.54, 1.807) is 7.11 Å². The van der Waals surface area contributed by atoms with Crippen LogP contribution in [0.15, 0.2) is 24.3 Å². The molecule has 3 heteroatoms. The van der Waals surface area contributed by atoms with Gasteiger partial charge in [-0.2, -0.15) is 0 Å². The van der Waals surface area contributed by atoms with Crippen molar-refractivity contribution in [1.82, 2.24) is 5.32 Å². The van der Waals surface area contributed by atoms with Crippen molar-refractivity contribution in [1.29, 1.82) is 0 Å². The van der Waals surface area contributed by atoms with Crippen LogP contribution in [0.25, 0.3) is 0 Å². The summed E-state index contributed by atoms with van der Waals surface area (Å²) < 4.78 is 11.2. The summed E-state index contributed by atoms with van der Waals surface area (Å²) in [5.41, 5.74) is 0. The van der Waals surface area contributed by atoms with E-state index < -0.39 is 0 Å². The van der Waals surface area contributed by atoms with Crippen molar-refractivity contribution in [2.75, 3.05) is 13.7 Å². The third-order valence-corrected chi connectivity index (χ3v) is 3.41. The molecule has 1 aliphatic rings. The molecule has 1 N–H and O–H groups in total. The van der Waals surface area contributed by atoms with Gasteiger partial charge in [0.2, 0.25) is 0 Å².